The maximum atomic E-state index is 13.5. The Morgan fingerprint density at radius 2 is 0.632 bits per heavy atom. The first-order valence-electron chi connectivity index (χ1n) is 24.6. The molecular weight excluding hydrogens is 713 g/mol. The van der Waals surface area contributed by atoms with Crippen LogP contribution in [0.5, 0.6) is 0 Å². The highest BCUT2D eigenvalue weighted by Crippen LogP contribution is 2.26. The molecule has 0 heterocycles. The number of carbonyl (C=O) groups excluding carboxylic acids is 2. The molecule has 0 aromatic rings. The average molecular weight is 807 g/mol. The Balaban J connectivity index is 5.06. The summed E-state index contributed by atoms with van der Waals surface area (Å²) in [6.45, 7) is 8.58. The molecule has 0 fully saturated rings. The van der Waals surface area contributed by atoms with Gasteiger partial charge >= 0.3 is 11.9 Å². The number of allylic oxidation sites excluding steroid dienone is 2. The predicted molar refractivity (Wildman–Crippen MR) is 240 cm³/mol. The third kappa shape index (κ3) is 28.5. The quantitative estimate of drug-likeness (QED) is 0.0209. The standard InChI is InChI=1S/C50H94O7/c1-5-9-13-17-19-21-23-25-27-29-31-33-35-37-41-45(51)49(55,43-39-15-11-7-3)47(53)57-48(54)50(56,44-40-16-12-8-4)46(52)42-38-36-34-32-30-28-26-24-22-20-18-14-10-6-2/h39-40,43-46,51-52,55-56H,5-38,41-42H2,1-4H3/b43-39+,44-40+. The fourth-order valence-corrected chi connectivity index (χ4v) is 7.55. The lowest BCUT2D eigenvalue weighted by Gasteiger charge is -2.31. The Bertz CT molecular complexity index is 904. The Labute approximate surface area is 352 Å². The van der Waals surface area contributed by atoms with Crippen molar-refractivity contribution in [2.75, 3.05) is 0 Å². The first-order chi connectivity index (χ1) is 27.6. The maximum absolute atomic E-state index is 13.5. The Kier molecular flexibility index (Phi) is 37.6. The molecule has 0 aliphatic carbocycles. The molecule has 0 rings (SSSR count). The zero-order chi connectivity index (χ0) is 42.3. The Morgan fingerprint density at radius 3 is 0.877 bits per heavy atom. The minimum absolute atomic E-state index is 0.166. The molecule has 336 valence electrons. The Hall–Kier alpha value is -1.54. The van der Waals surface area contributed by atoms with E-state index in [4.69, 9.17) is 4.74 Å². The molecule has 0 saturated carbocycles. The van der Waals surface area contributed by atoms with Crippen molar-refractivity contribution in [3.05, 3.63) is 24.3 Å². The number of rotatable bonds is 42. The average Bonchev–Trinajstić information content (AvgIpc) is 3.20. The van der Waals surface area contributed by atoms with E-state index in [0.29, 0.717) is 25.7 Å². The zero-order valence-electron chi connectivity index (χ0n) is 37.9. The fourth-order valence-electron chi connectivity index (χ4n) is 7.55. The lowest BCUT2D eigenvalue weighted by molar-refractivity contribution is -0.190. The van der Waals surface area contributed by atoms with Crippen molar-refractivity contribution in [3.8, 4) is 0 Å². The van der Waals surface area contributed by atoms with E-state index in [1.54, 1.807) is 12.2 Å². The maximum Gasteiger partial charge on any atom is 0.352 e. The number of unbranched alkanes of at least 4 members (excludes halogenated alkanes) is 30. The van der Waals surface area contributed by atoms with Crippen LogP contribution in [0.15, 0.2) is 24.3 Å². The molecule has 0 spiro atoms. The van der Waals surface area contributed by atoms with E-state index >= 15 is 0 Å². The highest BCUT2D eigenvalue weighted by Gasteiger charge is 2.48. The van der Waals surface area contributed by atoms with Gasteiger partial charge in [-0.3, -0.25) is 0 Å². The highest BCUT2D eigenvalue weighted by atomic mass is 16.6. The summed E-state index contributed by atoms with van der Waals surface area (Å²) in [6, 6.07) is 0. The second-order valence-electron chi connectivity index (χ2n) is 17.2. The van der Waals surface area contributed by atoms with Crippen LogP contribution in [-0.4, -0.2) is 55.8 Å². The van der Waals surface area contributed by atoms with Gasteiger partial charge in [-0.15, -0.1) is 0 Å². The van der Waals surface area contributed by atoms with Gasteiger partial charge in [-0.05, 0) is 37.8 Å². The number of aliphatic hydroxyl groups excluding tert-OH is 2. The zero-order valence-corrected chi connectivity index (χ0v) is 37.9. The smallest absolute Gasteiger partial charge is 0.352 e. The number of carbonyl (C=O) groups is 2. The van der Waals surface area contributed by atoms with Crippen molar-refractivity contribution >= 4 is 11.9 Å². The van der Waals surface area contributed by atoms with Crippen LogP contribution in [0.4, 0.5) is 0 Å². The first kappa shape index (κ1) is 55.5. The van der Waals surface area contributed by atoms with Gasteiger partial charge in [0.2, 0.25) is 11.2 Å². The van der Waals surface area contributed by atoms with Crippen LogP contribution in [0.3, 0.4) is 0 Å². The van der Waals surface area contributed by atoms with Crippen LogP contribution >= 0.6 is 0 Å². The van der Waals surface area contributed by atoms with E-state index in [-0.39, 0.29) is 12.8 Å². The molecule has 0 aromatic carbocycles. The number of esters is 2. The van der Waals surface area contributed by atoms with Gasteiger partial charge in [0, 0.05) is 0 Å². The fraction of sp³-hybridized carbons (Fsp3) is 0.880. The number of aliphatic hydroxyl groups is 4. The van der Waals surface area contributed by atoms with Crippen LogP contribution < -0.4 is 0 Å². The topological polar surface area (TPSA) is 124 Å². The summed E-state index contributed by atoms with van der Waals surface area (Å²) >= 11 is 0. The molecule has 0 aromatic heterocycles. The van der Waals surface area contributed by atoms with Crippen LogP contribution in [0.2, 0.25) is 0 Å². The van der Waals surface area contributed by atoms with Crippen LogP contribution in [0.1, 0.15) is 259 Å². The molecule has 4 N–H and O–H groups in total. The lowest BCUT2D eigenvalue weighted by Crippen LogP contribution is -2.54. The Morgan fingerprint density at radius 1 is 0.404 bits per heavy atom. The monoisotopic (exact) mass is 807 g/mol. The number of hydrogen-bond acceptors (Lipinski definition) is 7. The number of ether oxygens (including phenoxy) is 1. The molecule has 57 heavy (non-hydrogen) atoms. The molecule has 0 aliphatic heterocycles. The van der Waals surface area contributed by atoms with E-state index < -0.39 is 35.3 Å². The van der Waals surface area contributed by atoms with E-state index in [1.807, 2.05) is 13.8 Å². The van der Waals surface area contributed by atoms with Gasteiger partial charge in [0.15, 0.2) is 0 Å². The highest BCUT2D eigenvalue weighted by molar-refractivity contribution is 5.96. The first-order valence-corrected chi connectivity index (χ1v) is 24.6. The van der Waals surface area contributed by atoms with E-state index in [1.165, 1.54) is 141 Å². The van der Waals surface area contributed by atoms with E-state index in [0.717, 1.165) is 64.2 Å². The van der Waals surface area contributed by atoms with Gasteiger partial charge in [-0.25, -0.2) is 9.59 Å². The van der Waals surface area contributed by atoms with Crippen molar-refractivity contribution in [1.29, 1.82) is 0 Å². The van der Waals surface area contributed by atoms with Crippen molar-refractivity contribution in [2.24, 2.45) is 0 Å². The summed E-state index contributed by atoms with van der Waals surface area (Å²) in [4.78, 5) is 27.1. The molecule has 7 heteroatoms. The molecular formula is C50H94O7. The molecule has 0 amide bonds. The molecule has 0 saturated heterocycles. The molecule has 0 bridgehead atoms. The van der Waals surface area contributed by atoms with E-state index in [2.05, 4.69) is 13.8 Å². The second-order valence-corrected chi connectivity index (χ2v) is 17.2. The minimum Gasteiger partial charge on any atom is -0.389 e. The van der Waals surface area contributed by atoms with Gasteiger partial charge in [0.05, 0.1) is 12.2 Å². The number of hydrogen-bond donors (Lipinski definition) is 4. The SMILES string of the molecule is CCCC/C=C/C(O)(C(=O)OC(=O)C(O)(/C=C/CCCC)C(O)CCCCCCCCCCCCCCCC)C(O)CCCCCCCCCCCCCCCC. The summed E-state index contributed by atoms with van der Waals surface area (Å²) < 4.78 is 5.18. The van der Waals surface area contributed by atoms with Crippen molar-refractivity contribution < 1.29 is 34.8 Å². The summed E-state index contributed by atoms with van der Waals surface area (Å²) in [6.07, 6.45) is 41.2. The van der Waals surface area contributed by atoms with Crippen LogP contribution in [-0.2, 0) is 14.3 Å². The van der Waals surface area contributed by atoms with Crippen molar-refractivity contribution in [1.82, 2.24) is 0 Å². The minimum atomic E-state index is -2.45. The molecule has 4 atom stereocenters. The van der Waals surface area contributed by atoms with Crippen molar-refractivity contribution in [3.63, 3.8) is 0 Å². The largest absolute Gasteiger partial charge is 0.389 e. The summed E-state index contributed by atoms with van der Waals surface area (Å²) in [5, 5.41) is 45.5. The summed E-state index contributed by atoms with van der Waals surface area (Å²) in [5.74, 6) is -2.66. The van der Waals surface area contributed by atoms with Crippen LogP contribution in [0, 0.1) is 0 Å². The van der Waals surface area contributed by atoms with Crippen LogP contribution in [0.25, 0.3) is 0 Å². The van der Waals surface area contributed by atoms with Gasteiger partial charge in [0.25, 0.3) is 0 Å². The molecule has 4 unspecified atom stereocenters. The van der Waals surface area contributed by atoms with E-state index in [9.17, 15) is 30.0 Å². The van der Waals surface area contributed by atoms with Gasteiger partial charge in [-0.1, -0.05) is 245 Å². The second kappa shape index (κ2) is 38.6. The van der Waals surface area contributed by atoms with Gasteiger partial charge in [-0.2, -0.15) is 0 Å². The molecule has 0 aliphatic rings. The molecule has 7 nitrogen and oxygen atoms in total. The summed E-state index contributed by atoms with van der Waals surface area (Å²) in [5.41, 5.74) is -4.90. The predicted octanol–water partition coefficient (Wildman–Crippen LogP) is 13.5. The third-order valence-corrected chi connectivity index (χ3v) is 11.7. The van der Waals surface area contributed by atoms with Gasteiger partial charge < -0.3 is 25.2 Å². The normalized spacial score (nSPS) is 15.2. The van der Waals surface area contributed by atoms with Gasteiger partial charge in [0.1, 0.15) is 0 Å². The summed E-state index contributed by atoms with van der Waals surface area (Å²) in [7, 11) is 0. The van der Waals surface area contributed by atoms with Crippen molar-refractivity contribution in [2.45, 2.75) is 282 Å². The molecule has 0 radical (unpaired) electrons. The lowest BCUT2D eigenvalue weighted by atomic mass is 9.89. The third-order valence-electron chi connectivity index (χ3n) is 11.7.